The number of thiazole rings is 1. The lowest BCUT2D eigenvalue weighted by atomic mass is 10.2. The fraction of sp³-hybridized carbons (Fsp3) is 0.100. The highest BCUT2D eigenvalue weighted by Crippen LogP contribution is 2.28. The van der Waals surface area contributed by atoms with Crippen molar-refractivity contribution >= 4 is 33.4 Å². The number of fused-ring (bicyclic) bond motifs is 3. The molecule has 0 aliphatic rings. The van der Waals surface area contributed by atoms with Crippen LogP contribution in [-0.2, 0) is 0 Å². The van der Waals surface area contributed by atoms with Gasteiger partial charge in [0.1, 0.15) is 6.61 Å². The SMILES string of the molecule is C=CCOc1ccc(/C=c2\sc3nc4ccccc4n3c2=O)cc1OC. The van der Waals surface area contributed by atoms with Crippen molar-refractivity contribution in [3.63, 3.8) is 0 Å². The lowest BCUT2D eigenvalue weighted by Gasteiger charge is -2.09. The predicted molar refractivity (Wildman–Crippen MR) is 104 cm³/mol. The number of nitrogens with zero attached hydrogens (tertiary/aromatic N) is 2. The molecular formula is C20H16N2O3S. The number of para-hydroxylation sites is 2. The molecule has 4 rings (SSSR count). The van der Waals surface area contributed by atoms with Crippen LogP contribution in [0.3, 0.4) is 0 Å². The van der Waals surface area contributed by atoms with Crippen LogP contribution in [0.25, 0.3) is 22.1 Å². The topological polar surface area (TPSA) is 52.8 Å². The van der Waals surface area contributed by atoms with Gasteiger partial charge in [-0.3, -0.25) is 4.79 Å². The molecule has 130 valence electrons. The maximum atomic E-state index is 12.8. The summed E-state index contributed by atoms with van der Waals surface area (Å²) in [7, 11) is 1.59. The molecule has 0 bridgehead atoms. The standard InChI is InChI=1S/C20H16N2O3S/c1-3-10-25-16-9-8-13(11-17(16)24-2)12-18-19(23)22-15-7-5-4-6-14(15)21-20(22)26-18/h3-9,11-12H,1,10H2,2H3/b18-12-. The van der Waals surface area contributed by atoms with Gasteiger partial charge in [-0.15, -0.1) is 0 Å². The summed E-state index contributed by atoms with van der Waals surface area (Å²) in [5, 5.41) is 0. The molecule has 0 unspecified atom stereocenters. The predicted octanol–water partition coefficient (Wildman–Crippen LogP) is 3.03. The van der Waals surface area contributed by atoms with Gasteiger partial charge in [-0.2, -0.15) is 0 Å². The van der Waals surface area contributed by atoms with Crippen LogP contribution in [0.5, 0.6) is 11.5 Å². The molecule has 6 heteroatoms. The second-order valence-electron chi connectivity index (χ2n) is 5.64. The van der Waals surface area contributed by atoms with Crippen molar-refractivity contribution in [2.24, 2.45) is 0 Å². The second kappa shape index (κ2) is 6.65. The molecular weight excluding hydrogens is 348 g/mol. The first-order valence-electron chi connectivity index (χ1n) is 8.04. The van der Waals surface area contributed by atoms with Crippen LogP contribution in [0.15, 0.2) is 59.9 Å². The van der Waals surface area contributed by atoms with Crippen LogP contribution in [0.1, 0.15) is 5.56 Å². The molecule has 0 aliphatic carbocycles. The lowest BCUT2D eigenvalue weighted by Crippen LogP contribution is -2.22. The van der Waals surface area contributed by atoms with Gasteiger partial charge in [0.15, 0.2) is 16.5 Å². The number of hydrogen-bond donors (Lipinski definition) is 0. The summed E-state index contributed by atoms with van der Waals surface area (Å²) in [6.07, 6.45) is 3.52. The van der Waals surface area contributed by atoms with Gasteiger partial charge in [-0.1, -0.05) is 42.2 Å². The first-order valence-corrected chi connectivity index (χ1v) is 8.86. The highest BCUT2D eigenvalue weighted by atomic mass is 32.1. The summed E-state index contributed by atoms with van der Waals surface area (Å²) in [6, 6.07) is 13.2. The van der Waals surface area contributed by atoms with Crippen LogP contribution >= 0.6 is 11.3 Å². The third-order valence-electron chi connectivity index (χ3n) is 3.99. The Bertz CT molecular complexity index is 1220. The van der Waals surface area contributed by atoms with Gasteiger partial charge < -0.3 is 9.47 Å². The summed E-state index contributed by atoms with van der Waals surface area (Å²) < 4.78 is 13.2. The first-order chi connectivity index (χ1) is 12.7. The van der Waals surface area contributed by atoms with E-state index in [0.29, 0.717) is 27.6 Å². The third kappa shape index (κ3) is 2.74. The Balaban J connectivity index is 1.82. The molecule has 0 aliphatic heterocycles. The highest BCUT2D eigenvalue weighted by molar-refractivity contribution is 7.15. The number of rotatable bonds is 5. The van der Waals surface area contributed by atoms with E-state index in [1.54, 1.807) is 17.6 Å². The Kier molecular flexibility index (Phi) is 4.18. The molecule has 5 nitrogen and oxygen atoms in total. The number of imidazole rings is 1. The molecule has 2 aromatic heterocycles. The zero-order valence-electron chi connectivity index (χ0n) is 14.1. The Hall–Kier alpha value is -3.12. The lowest BCUT2D eigenvalue weighted by molar-refractivity contribution is 0.326. The first kappa shape index (κ1) is 16.4. The second-order valence-corrected chi connectivity index (χ2v) is 6.65. The Morgan fingerprint density at radius 2 is 2.08 bits per heavy atom. The molecule has 0 N–H and O–H groups in total. The van der Waals surface area contributed by atoms with E-state index in [1.807, 2.05) is 48.5 Å². The van der Waals surface area contributed by atoms with Gasteiger partial charge in [0.25, 0.3) is 5.56 Å². The molecule has 0 spiro atoms. The monoisotopic (exact) mass is 364 g/mol. The molecule has 0 saturated heterocycles. The number of methoxy groups -OCH3 is 1. The number of ether oxygens (including phenoxy) is 2. The fourth-order valence-electron chi connectivity index (χ4n) is 2.81. The van der Waals surface area contributed by atoms with Crippen LogP contribution < -0.4 is 19.6 Å². The van der Waals surface area contributed by atoms with Crippen LogP contribution in [0.2, 0.25) is 0 Å². The largest absolute Gasteiger partial charge is 0.493 e. The molecule has 0 atom stereocenters. The molecule has 0 saturated carbocycles. The minimum Gasteiger partial charge on any atom is -0.493 e. The maximum Gasteiger partial charge on any atom is 0.274 e. The molecule has 0 radical (unpaired) electrons. The smallest absolute Gasteiger partial charge is 0.274 e. The van der Waals surface area contributed by atoms with E-state index in [0.717, 1.165) is 16.6 Å². The van der Waals surface area contributed by atoms with E-state index >= 15 is 0 Å². The normalized spacial score (nSPS) is 12.0. The number of hydrogen-bond acceptors (Lipinski definition) is 5. The minimum absolute atomic E-state index is 0.0651. The van der Waals surface area contributed by atoms with E-state index < -0.39 is 0 Å². The Morgan fingerprint density at radius 1 is 1.23 bits per heavy atom. The minimum atomic E-state index is -0.0651. The van der Waals surface area contributed by atoms with E-state index in [-0.39, 0.29) is 5.56 Å². The summed E-state index contributed by atoms with van der Waals surface area (Å²) >= 11 is 1.37. The molecule has 0 amide bonds. The van der Waals surface area contributed by atoms with Crippen LogP contribution in [0, 0.1) is 0 Å². The summed E-state index contributed by atoms with van der Waals surface area (Å²) in [5.41, 5.74) is 2.45. The van der Waals surface area contributed by atoms with Gasteiger partial charge in [-0.25, -0.2) is 9.38 Å². The van der Waals surface area contributed by atoms with Crippen molar-refractivity contribution in [3.05, 3.63) is 75.6 Å². The van der Waals surface area contributed by atoms with Gasteiger partial charge in [-0.05, 0) is 35.9 Å². The van der Waals surface area contributed by atoms with Crippen molar-refractivity contribution in [1.29, 1.82) is 0 Å². The van der Waals surface area contributed by atoms with Gasteiger partial charge >= 0.3 is 0 Å². The maximum absolute atomic E-state index is 12.8. The summed E-state index contributed by atoms with van der Waals surface area (Å²) in [5.74, 6) is 1.25. The van der Waals surface area contributed by atoms with Crippen molar-refractivity contribution in [2.75, 3.05) is 13.7 Å². The molecule has 4 aromatic rings. The van der Waals surface area contributed by atoms with Crippen LogP contribution in [0.4, 0.5) is 0 Å². The van der Waals surface area contributed by atoms with Crippen molar-refractivity contribution < 1.29 is 9.47 Å². The van der Waals surface area contributed by atoms with Gasteiger partial charge in [0, 0.05) is 0 Å². The zero-order chi connectivity index (χ0) is 18.1. The van der Waals surface area contributed by atoms with Gasteiger partial charge in [0.2, 0.25) is 0 Å². The zero-order valence-corrected chi connectivity index (χ0v) is 15.0. The average Bonchev–Trinajstić information content (AvgIpc) is 3.17. The number of benzene rings is 2. The van der Waals surface area contributed by atoms with Crippen molar-refractivity contribution in [1.82, 2.24) is 9.38 Å². The van der Waals surface area contributed by atoms with Crippen LogP contribution in [-0.4, -0.2) is 23.1 Å². The van der Waals surface area contributed by atoms with E-state index in [2.05, 4.69) is 11.6 Å². The van der Waals surface area contributed by atoms with Crippen molar-refractivity contribution in [2.45, 2.75) is 0 Å². The number of aromatic nitrogens is 2. The van der Waals surface area contributed by atoms with Crippen molar-refractivity contribution in [3.8, 4) is 11.5 Å². The fourth-order valence-corrected chi connectivity index (χ4v) is 3.79. The van der Waals surface area contributed by atoms with E-state index in [1.165, 1.54) is 11.3 Å². The summed E-state index contributed by atoms with van der Waals surface area (Å²) in [6.45, 7) is 4.04. The van der Waals surface area contributed by atoms with E-state index in [9.17, 15) is 4.79 Å². The quantitative estimate of drug-likeness (QED) is 0.511. The van der Waals surface area contributed by atoms with Gasteiger partial charge in [0.05, 0.1) is 22.7 Å². The third-order valence-corrected chi connectivity index (χ3v) is 4.96. The molecule has 0 fully saturated rings. The molecule has 2 heterocycles. The molecule has 2 aromatic carbocycles. The Labute approximate surface area is 153 Å². The Morgan fingerprint density at radius 3 is 2.88 bits per heavy atom. The average molecular weight is 364 g/mol. The van der Waals surface area contributed by atoms with E-state index in [4.69, 9.17) is 9.47 Å². The summed E-state index contributed by atoms with van der Waals surface area (Å²) in [4.78, 5) is 18.0. The molecule has 26 heavy (non-hydrogen) atoms. The highest BCUT2D eigenvalue weighted by Gasteiger charge is 2.11.